The minimum absolute atomic E-state index is 0. The van der Waals surface area contributed by atoms with Crippen LogP contribution in [0.15, 0.2) is 58.8 Å². The fourth-order valence-electron chi connectivity index (χ4n) is 7.46. The van der Waals surface area contributed by atoms with E-state index in [0.29, 0.717) is 5.92 Å². The Morgan fingerprint density at radius 3 is 2.25 bits per heavy atom. The van der Waals surface area contributed by atoms with Crippen LogP contribution in [0, 0.1) is 37.7 Å². The first-order valence-electron chi connectivity index (χ1n) is 17.6. The summed E-state index contributed by atoms with van der Waals surface area (Å²) in [5.41, 5.74) is 10.2. The molecule has 1 aliphatic carbocycles. The molecule has 1 radical (unpaired) electrons. The first-order valence-corrected chi connectivity index (χ1v) is 17.6. The molecular weight excluding hydrogens is 771 g/mol. The van der Waals surface area contributed by atoms with Crippen LogP contribution in [0.5, 0.6) is 0 Å². The van der Waals surface area contributed by atoms with Crippen LogP contribution in [0.4, 0.5) is 0 Å². The van der Waals surface area contributed by atoms with Crippen molar-refractivity contribution in [1.82, 2.24) is 4.98 Å². The number of ketones is 1. The summed E-state index contributed by atoms with van der Waals surface area (Å²) in [4.78, 5) is 16.8. The number of aliphatic hydroxyl groups is 1. The predicted molar refractivity (Wildman–Crippen MR) is 197 cm³/mol. The van der Waals surface area contributed by atoms with Crippen LogP contribution in [-0.4, -0.2) is 15.9 Å². The largest absolute Gasteiger partial charge is 0.512 e. The minimum atomic E-state index is -0.234. The summed E-state index contributed by atoms with van der Waals surface area (Å²) >= 11 is 0. The van der Waals surface area contributed by atoms with Gasteiger partial charge in [-0.2, -0.15) is 0 Å². The van der Waals surface area contributed by atoms with Gasteiger partial charge < -0.3 is 14.5 Å². The van der Waals surface area contributed by atoms with E-state index in [-0.39, 0.29) is 48.9 Å². The smallest absolute Gasteiger partial charge is 0.162 e. The van der Waals surface area contributed by atoms with Crippen molar-refractivity contribution < 1.29 is 34.4 Å². The van der Waals surface area contributed by atoms with E-state index < -0.39 is 0 Å². The first kappa shape index (κ1) is 37.5. The van der Waals surface area contributed by atoms with E-state index in [9.17, 15) is 9.90 Å². The number of aromatic nitrogens is 1. The number of aryl methyl sites for hydroxylation is 2. The molecule has 0 aliphatic heterocycles. The maximum atomic E-state index is 11.7. The van der Waals surface area contributed by atoms with E-state index in [1.807, 2.05) is 33.9 Å². The Hall–Kier alpha value is -3.27. The SMILES string of the molecule is CCC(CC)C(=O)/C=C(\O)C(CC)CC.Cc1ccc2cnc3c(c2c1)C(C)(C)c1ccc(CC(C)C)c2oc4c(C)c[c-]c-3c4c12.[Ir]. The number of pyridine rings is 1. The molecule has 0 saturated carbocycles. The zero-order valence-electron chi connectivity index (χ0n) is 30.4. The summed E-state index contributed by atoms with van der Waals surface area (Å²) < 4.78 is 6.64. The van der Waals surface area contributed by atoms with Crippen molar-refractivity contribution in [2.24, 2.45) is 17.8 Å². The molecule has 0 spiro atoms. The van der Waals surface area contributed by atoms with Crippen LogP contribution in [0.3, 0.4) is 0 Å². The summed E-state index contributed by atoms with van der Waals surface area (Å²) in [6.07, 6.45) is 7.92. The van der Waals surface area contributed by atoms with Crippen LogP contribution in [0.25, 0.3) is 44.0 Å². The molecule has 5 heteroatoms. The Bertz CT molecular complexity index is 1970. The molecule has 48 heavy (non-hydrogen) atoms. The summed E-state index contributed by atoms with van der Waals surface area (Å²) in [5, 5.41) is 14.6. The van der Waals surface area contributed by atoms with Crippen LogP contribution < -0.4 is 0 Å². The fourth-order valence-corrected chi connectivity index (χ4v) is 7.46. The van der Waals surface area contributed by atoms with Gasteiger partial charge in [-0.05, 0) is 83.5 Å². The second-order valence-electron chi connectivity index (χ2n) is 14.4. The normalized spacial score (nSPS) is 13.6. The molecule has 5 aromatic rings. The van der Waals surface area contributed by atoms with Gasteiger partial charge in [-0.1, -0.05) is 109 Å². The van der Waals surface area contributed by atoms with Gasteiger partial charge in [-0.3, -0.25) is 4.79 Å². The zero-order chi connectivity index (χ0) is 34.2. The number of allylic oxidation sites excluding steroid dienone is 2. The number of hydrogen-bond donors (Lipinski definition) is 1. The van der Waals surface area contributed by atoms with Gasteiger partial charge in [0.05, 0.1) is 11.3 Å². The molecule has 2 aromatic heterocycles. The minimum Gasteiger partial charge on any atom is -0.512 e. The van der Waals surface area contributed by atoms with E-state index in [1.165, 1.54) is 49.9 Å². The quantitative estimate of drug-likeness (QED) is 0.0914. The van der Waals surface area contributed by atoms with Crippen molar-refractivity contribution in [2.45, 2.75) is 107 Å². The van der Waals surface area contributed by atoms with Crippen molar-refractivity contribution in [3.63, 3.8) is 0 Å². The molecule has 0 fully saturated rings. The number of fused-ring (bicyclic) bond motifs is 4. The number of carbonyl (C=O) groups is 1. The third-order valence-corrected chi connectivity index (χ3v) is 10.3. The summed E-state index contributed by atoms with van der Waals surface area (Å²) in [5.74, 6) is 1.11. The maximum Gasteiger partial charge on any atom is 0.162 e. The van der Waals surface area contributed by atoms with Crippen LogP contribution in [-0.2, 0) is 36.7 Å². The van der Waals surface area contributed by atoms with Gasteiger partial charge in [-0.15, -0.1) is 17.7 Å². The van der Waals surface area contributed by atoms with Gasteiger partial charge in [0.1, 0.15) is 5.58 Å². The molecule has 257 valence electrons. The van der Waals surface area contributed by atoms with Gasteiger partial charge in [0.25, 0.3) is 0 Å². The molecule has 0 atom stereocenters. The Kier molecular flexibility index (Phi) is 11.8. The summed E-state index contributed by atoms with van der Waals surface area (Å²) in [6.45, 7) is 21.6. The van der Waals surface area contributed by atoms with Gasteiger partial charge in [0, 0.05) is 49.6 Å². The van der Waals surface area contributed by atoms with Crippen molar-refractivity contribution in [2.75, 3.05) is 0 Å². The molecule has 1 N–H and O–H groups in total. The second-order valence-corrected chi connectivity index (χ2v) is 14.4. The Morgan fingerprint density at radius 2 is 1.62 bits per heavy atom. The van der Waals surface area contributed by atoms with E-state index in [4.69, 9.17) is 9.40 Å². The monoisotopic (exact) mass is 823 g/mol. The van der Waals surface area contributed by atoms with Gasteiger partial charge in [0.15, 0.2) is 5.78 Å². The number of furan rings is 1. The van der Waals surface area contributed by atoms with Crippen molar-refractivity contribution in [1.29, 1.82) is 0 Å². The Morgan fingerprint density at radius 1 is 0.958 bits per heavy atom. The summed E-state index contributed by atoms with van der Waals surface area (Å²) in [7, 11) is 0. The van der Waals surface area contributed by atoms with E-state index in [2.05, 4.69) is 84.0 Å². The topological polar surface area (TPSA) is 63.3 Å². The van der Waals surface area contributed by atoms with Gasteiger partial charge in [-0.25, -0.2) is 0 Å². The van der Waals surface area contributed by atoms with Gasteiger partial charge in [0.2, 0.25) is 0 Å². The molecule has 1 aliphatic rings. The zero-order valence-corrected chi connectivity index (χ0v) is 32.8. The Labute approximate surface area is 300 Å². The number of hydrogen-bond acceptors (Lipinski definition) is 4. The number of nitrogens with zero attached hydrogens (tertiary/aromatic N) is 1. The van der Waals surface area contributed by atoms with Gasteiger partial charge >= 0.3 is 0 Å². The standard InChI is InChI=1S/C30H28NO.C13H24O2.Ir/c1-16(2)13-19-10-12-23-25-24-21(11-8-18(4)28(24)32-29(19)25)27-26(30(23,5)6)22-14-17(3)7-9-20(22)15-31-27;1-5-10(6-2)12(14)9-13(15)11(7-3)8-4;/h7-10,12,14-16H,13H2,1-6H3;9-11,14H,5-8H2,1-4H3;/q-1;;/b;12-9-;. The van der Waals surface area contributed by atoms with Crippen LogP contribution in [0.1, 0.15) is 109 Å². The molecule has 2 heterocycles. The van der Waals surface area contributed by atoms with Crippen molar-refractivity contribution in [3.05, 3.63) is 88.3 Å². The summed E-state index contributed by atoms with van der Waals surface area (Å²) in [6, 6.07) is 17.0. The molecule has 0 bridgehead atoms. The number of rotatable bonds is 9. The van der Waals surface area contributed by atoms with E-state index >= 15 is 0 Å². The number of carbonyl (C=O) groups excluding carboxylic acids is 1. The van der Waals surface area contributed by atoms with Crippen molar-refractivity contribution >= 4 is 38.5 Å². The average molecular weight is 823 g/mol. The Balaban J connectivity index is 0.000000279. The maximum absolute atomic E-state index is 11.7. The van der Waals surface area contributed by atoms with E-state index in [0.717, 1.165) is 60.1 Å². The van der Waals surface area contributed by atoms with Crippen LogP contribution in [0.2, 0.25) is 0 Å². The number of benzene rings is 3. The molecular formula is C43H52IrNO3-. The second kappa shape index (κ2) is 15.1. The van der Waals surface area contributed by atoms with E-state index in [1.54, 1.807) is 0 Å². The average Bonchev–Trinajstić information content (AvgIpc) is 3.40. The molecule has 0 unspecified atom stereocenters. The predicted octanol–water partition coefficient (Wildman–Crippen LogP) is 11.9. The molecule has 3 aromatic carbocycles. The third-order valence-electron chi connectivity index (χ3n) is 10.3. The first-order chi connectivity index (χ1) is 22.4. The fraction of sp³-hybridized carbons (Fsp3) is 0.442. The number of aliphatic hydroxyl groups excluding tert-OH is 1. The third kappa shape index (κ3) is 6.78. The molecule has 6 rings (SSSR count). The molecule has 0 saturated heterocycles. The van der Waals surface area contributed by atoms with Crippen molar-refractivity contribution in [3.8, 4) is 11.3 Å². The molecule has 4 nitrogen and oxygen atoms in total. The van der Waals surface area contributed by atoms with Crippen LogP contribution >= 0.6 is 0 Å². The molecule has 0 amide bonds.